The molecule has 0 aromatic carbocycles. The maximum atomic E-state index is 11.9. The van der Waals surface area contributed by atoms with Gasteiger partial charge >= 0.3 is 0 Å². The number of likely N-dealkylation sites (tertiary alicyclic amines) is 1. The van der Waals surface area contributed by atoms with Crippen LogP contribution in [-0.4, -0.2) is 23.9 Å². The summed E-state index contributed by atoms with van der Waals surface area (Å²) in [6.45, 7) is 5.78. The van der Waals surface area contributed by atoms with Crippen LogP contribution in [0.3, 0.4) is 0 Å². The van der Waals surface area contributed by atoms with Crippen molar-refractivity contribution in [1.29, 1.82) is 5.26 Å². The average Bonchev–Trinajstić information content (AvgIpc) is 2.68. The Morgan fingerprint density at radius 1 is 1.60 bits per heavy atom. The highest BCUT2D eigenvalue weighted by Crippen LogP contribution is 2.22. The largest absolute Gasteiger partial charge is 0.341 e. The summed E-state index contributed by atoms with van der Waals surface area (Å²) in [5.74, 6) is 0.277. The van der Waals surface area contributed by atoms with Crippen molar-refractivity contribution in [3.05, 3.63) is 0 Å². The zero-order valence-corrected chi connectivity index (χ0v) is 9.70. The lowest BCUT2D eigenvalue weighted by Gasteiger charge is -2.18. The first-order valence-electron chi connectivity index (χ1n) is 5.91. The molecule has 2 atom stereocenters. The van der Waals surface area contributed by atoms with Crippen LogP contribution in [0, 0.1) is 23.2 Å². The quantitative estimate of drug-likeness (QED) is 0.710. The first-order chi connectivity index (χ1) is 7.22. The highest BCUT2D eigenvalue weighted by molar-refractivity contribution is 5.81. The number of amides is 1. The second kappa shape index (κ2) is 5.75. The minimum atomic E-state index is -0.426. The van der Waals surface area contributed by atoms with Crippen LogP contribution in [0.2, 0.25) is 0 Å². The molecule has 1 saturated heterocycles. The molecule has 3 nitrogen and oxygen atoms in total. The van der Waals surface area contributed by atoms with Gasteiger partial charge in [-0.3, -0.25) is 4.79 Å². The summed E-state index contributed by atoms with van der Waals surface area (Å²) in [5.41, 5.74) is 0. The molecule has 0 radical (unpaired) electrons. The molecule has 1 aliphatic heterocycles. The van der Waals surface area contributed by atoms with E-state index in [2.05, 4.69) is 13.0 Å². The topological polar surface area (TPSA) is 44.1 Å². The Morgan fingerprint density at radius 3 is 2.87 bits per heavy atom. The molecule has 0 aromatic heterocycles. The van der Waals surface area contributed by atoms with Gasteiger partial charge in [0.2, 0.25) is 5.91 Å². The Kier molecular flexibility index (Phi) is 4.61. The SMILES string of the molecule is CCCC1CCN(C(=O)C(C#N)CC)C1. The van der Waals surface area contributed by atoms with E-state index in [-0.39, 0.29) is 5.91 Å². The Hall–Kier alpha value is -1.04. The van der Waals surface area contributed by atoms with Gasteiger partial charge in [0.1, 0.15) is 5.92 Å². The minimum Gasteiger partial charge on any atom is -0.341 e. The zero-order valence-electron chi connectivity index (χ0n) is 9.70. The Bertz CT molecular complexity index is 257. The summed E-state index contributed by atoms with van der Waals surface area (Å²) in [6.07, 6.45) is 4.13. The second-order valence-corrected chi connectivity index (χ2v) is 4.32. The molecule has 0 spiro atoms. The Balaban J connectivity index is 2.46. The van der Waals surface area contributed by atoms with E-state index in [4.69, 9.17) is 5.26 Å². The van der Waals surface area contributed by atoms with Gasteiger partial charge in [0.05, 0.1) is 6.07 Å². The molecule has 0 N–H and O–H groups in total. The van der Waals surface area contributed by atoms with Crippen LogP contribution < -0.4 is 0 Å². The van der Waals surface area contributed by atoms with Crippen molar-refractivity contribution in [2.75, 3.05) is 13.1 Å². The van der Waals surface area contributed by atoms with Gasteiger partial charge < -0.3 is 4.90 Å². The number of hydrogen-bond donors (Lipinski definition) is 0. The van der Waals surface area contributed by atoms with Crippen molar-refractivity contribution in [3.8, 4) is 6.07 Å². The van der Waals surface area contributed by atoms with Crippen LogP contribution in [0.4, 0.5) is 0 Å². The fraction of sp³-hybridized carbons (Fsp3) is 0.833. The minimum absolute atomic E-state index is 0.0404. The van der Waals surface area contributed by atoms with Crippen molar-refractivity contribution >= 4 is 5.91 Å². The molecular weight excluding hydrogens is 188 g/mol. The van der Waals surface area contributed by atoms with E-state index >= 15 is 0 Å². The molecule has 15 heavy (non-hydrogen) atoms. The third-order valence-electron chi connectivity index (χ3n) is 3.16. The fourth-order valence-corrected chi connectivity index (χ4v) is 2.22. The molecule has 84 valence electrons. The number of nitriles is 1. The standard InChI is InChI=1S/C12H20N2O/c1-3-5-10-6-7-14(9-10)12(15)11(4-2)8-13/h10-11H,3-7,9H2,1-2H3. The molecular formula is C12H20N2O. The average molecular weight is 208 g/mol. The summed E-state index contributed by atoms with van der Waals surface area (Å²) < 4.78 is 0. The molecule has 0 bridgehead atoms. The Morgan fingerprint density at radius 2 is 2.33 bits per heavy atom. The maximum absolute atomic E-state index is 11.9. The summed E-state index contributed by atoms with van der Waals surface area (Å²) >= 11 is 0. The lowest BCUT2D eigenvalue weighted by molar-refractivity contribution is -0.132. The van der Waals surface area contributed by atoms with E-state index in [0.29, 0.717) is 12.3 Å². The first-order valence-corrected chi connectivity index (χ1v) is 5.91. The smallest absolute Gasteiger partial charge is 0.239 e. The van der Waals surface area contributed by atoms with Gasteiger partial charge in [0.15, 0.2) is 0 Å². The van der Waals surface area contributed by atoms with E-state index in [0.717, 1.165) is 19.5 Å². The van der Waals surface area contributed by atoms with Gasteiger partial charge in [0, 0.05) is 13.1 Å². The van der Waals surface area contributed by atoms with Crippen molar-refractivity contribution in [2.24, 2.45) is 11.8 Å². The number of rotatable bonds is 4. The third kappa shape index (κ3) is 2.95. The monoisotopic (exact) mass is 208 g/mol. The van der Waals surface area contributed by atoms with E-state index in [1.54, 1.807) is 0 Å². The van der Waals surface area contributed by atoms with Gasteiger partial charge in [-0.05, 0) is 25.2 Å². The number of nitrogens with zero attached hydrogens (tertiary/aromatic N) is 2. The van der Waals surface area contributed by atoms with Gasteiger partial charge in [-0.2, -0.15) is 5.26 Å². The molecule has 1 aliphatic rings. The molecule has 3 heteroatoms. The Labute approximate surface area is 92.1 Å². The molecule has 0 aliphatic carbocycles. The summed E-state index contributed by atoms with van der Waals surface area (Å²) in [7, 11) is 0. The molecule has 1 heterocycles. The number of hydrogen-bond acceptors (Lipinski definition) is 2. The van der Waals surface area contributed by atoms with Crippen molar-refractivity contribution < 1.29 is 4.79 Å². The number of carbonyl (C=O) groups excluding carboxylic acids is 1. The highest BCUT2D eigenvalue weighted by atomic mass is 16.2. The van der Waals surface area contributed by atoms with E-state index in [9.17, 15) is 4.79 Å². The maximum Gasteiger partial charge on any atom is 0.239 e. The van der Waals surface area contributed by atoms with Crippen LogP contribution in [0.15, 0.2) is 0 Å². The molecule has 1 amide bonds. The van der Waals surface area contributed by atoms with Crippen LogP contribution >= 0.6 is 0 Å². The highest BCUT2D eigenvalue weighted by Gasteiger charge is 2.29. The molecule has 0 aromatic rings. The van der Waals surface area contributed by atoms with Gasteiger partial charge in [-0.15, -0.1) is 0 Å². The second-order valence-electron chi connectivity index (χ2n) is 4.32. The third-order valence-corrected chi connectivity index (χ3v) is 3.16. The summed E-state index contributed by atoms with van der Waals surface area (Å²) in [6, 6.07) is 2.08. The lowest BCUT2D eigenvalue weighted by atomic mass is 10.0. The predicted octanol–water partition coefficient (Wildman–Crippen LogP) is 2.18. The molecule has 1 fully saturated rings. The van der Waals surface area contributed by atoms with Gasteiger partial charge in [-0.25, -0.2) is 0 Å². The lowest BCUT2D eigenvalue weighted by Crippen LogP contribution is -2.33. The molecule has 2 unspecified atom stereocenters. The van der Waals surface area contributed by atoms with E-state index in [1.807, 2.05) is 11.8 Å². The number of carbonyl (C=O) groups is 1. The zero-order chi connectivity index (χ0) is 11.3. The van der Waals surface area contributed by atoms with Crippen molar-refractivity contribution in [2.45, 2.75) is 39.5 Å². The van der Waals surface area contributed by atoms with Crippen molar-refractivity contribution in [1.82, 2.24) is 4.90 Å². The van der Waals surface area contributed by atoms with Gasteiger partial charge in [-0.1, -0.05) is 20.3 Å². The van der Waals surface area contributed by atoms with Crippen LogP contribution in [0.25, 0.3) is 0 Å². The molecule has 0 saturated carbocycles. The van der Waals surface area contributed by atoms with E-state index < -0.39 is 5.92 Å². The molecule has 1 rings (SSSR count). The van der Waals surface area contributed by atoms with E-state index in [1.165, 1.54) is 12.8 Å². The van der Waals surface area contributed by atoms with Gasteiger partial charge in [0.25, 0.3) is 0 Å². The van der Waals surface area contributed by atoms with Crippen LogP contribution in [0.5, 0.6) is 0 Å². The summed E-state index contributed by atoms with van der Waals surface area (Å²) in [4.78, 5) is 13.7. The summed E-state index contributed by atoms with van der Waals surface area (Å²) in [5, 5.41) is 8.83. The fourth-order valence-electron chi connectivity index (χ4n) is 2.22. The van der Waals surface area contributed by atoms with Crippen LogP contribution in [-0.2, 0) is 4.79 Å². The first kappa shape index (κ1) is 12.0. The predicted molar refractivity (Wildman–Crippen MR) is 59.0 cm³/mol. The van der Waals surface area contributed by atoms with Crippen molar-refractivity contribution in [3.63, 3.8) is 0 Å². The van der Waals surface area contributed by atoms with Crippen LogP contribution in [0.1, 0.15) is 39.5 Å². The normalized spacial score (nSPS) is 22.5.